The van der Waals surface area contributed by atoms with E-state index in [4.69, 9.17) is 14.2 Å². The summed E-state index contributed by atoms with van der Waals surface area (Å²) in [7, 11) is 0. The van der Waals surface area contributed by atoms with Gasteiger partial charge in [0.1, 0.15) is 13.2 Å². The molecule has 0 heterocycles. The molecule has 0 aliphatic heterocycles. The number of allylic oxidation sites excluding steroid dienone is 14. The standard InChI is InChI=1S/C61H104O6/c1-4-7-10-13-16-19-22-25-28-30-31-32-34-36-39-42-45-48-51-54-60(63)66-57-58(56-65-59(62)53-50-47-44-41-38-35-27-24-21-18-15-12-9-6-3)67-61(64)55-52-49-46-43-40-37-33-29-26-23-20-17-14-11-8-5-2/h8-9,11-12,17-18,20-21,26,29,37,40,46,49,58H,4-7,10,13-16,19,22-25,27-28,30-36,38-39,41-45,47-48,50-57H2,1-3H3/b11-8-,12-9-,20-17-,21-18-,29-26-,40-37-,49-46-. The van der Waals surface area contributed by atoms with Crippen LogP contribution >= 0.6 is 0 Å². The second-order valence-electron chi connectivity index (χ2n) is 18.4. The summed E-state index contributed by atoms with van der Waals surface area (Å²) >= 11 is 0. The maximum Gasteiger partial charge on any atom is 0.306 e. The third kappa shape index (κ3) is 53.4. The first-order valence-corrected chi connectivity index (χ1v) is 28.1. The molecular weight excluding hydrogens is 829 g/mol. The molecule has 0 saturated heterocycles. The molecule has 0 aromatic heterocycles. The van der Waals surface area contributed by atoms with Crippen LogP contribution in [0.15, 0.2) is 85.1 Å². The summed E-state index contributed by atoms with van der Waals surface area (Å²) in [6.07, 6.45) is 71.6. The van der Waals surface area contributed by atoms with E-state index in [1.54, 1.807) is 0 Å². The quantitative estimate of drug-likeness (QED) is 0.0262. The molecule has 0 aromatic rings. The molecule has 0 aromatic carbocycles. The van der Waals surface area contributed by atoms with E-state index in [-0.39, 0.29) is 31.6 Å². The molecule has 0 rings (SSSR count). The molecule has 1 atom stereocenters. The van der Waals surface area contributed by atoms with Gasteiger partial charge in [-0.25, -0.2) is 0 Å². The van der Waals surface area contributed by atoms with Crippen LogP contribution in [0.5, 0.6) is 0 Å². The molecule has 6 heteroatoms. The molecule has 0 bridgehead atoms. The average Bonchev–Trinajstić information content (AvgIpc) is 3.33. The molecule has 0 radical (unpaired) electrons. The molecule has 0 N–H and O–H groups in total. The summed E-state index contributed by atoms with van der Waals surface area (Å²) < 4.78 is 16.8. The zero-order valence-corrected chi connectivity index (χ0v) is 43.9. The molecule has 0 spiro atoms. The Morgan fingerprint density at radius 3 is 0.970 bits per heavy atom. The first-order valence-electron chi connectivity index (χ1n) is 28.1. The van der Waals surface area contributed by atoms with Gasteiger partial charge in [0.15, 0.2) is 6.10 Å². The predicted octanol–water partition coefficient (Wildman–Crippen LogP) is 18.8. The van der Waals surface area contributed by atoms with Gasteiger partial charge in [-0.3, -0.25) is 14.4 Å². The number of rotatable bonds is 50. The van der Waals surface area contributed by atoms with E-state index in [0.717, 1.165) is 89.9 Å². The fourth-order valence-corrected chi connectivity index (χ4v) is 7.77. The summed E-state index contributed by atoms with van der Waals surface area (Å²) in [5, 5.41) is 0. The van der Waals surface area contributed by atoms with Gasteiger partial charge in [0.05, 0.1) is 0 Å². The maximum absolute atomic E-state index is 12.8. The van der Waals surface area contributed by atoms with Crippen LogP contribution in [-0.4, -0.2) is 37.2 Å². The fraction of sp³-hybridized carbons (Fsp3) is 0.721. The van der Waals surface area contributed by atoms with Crippen molar-refractivity contribution in [1.82, 2.24) is 0 Å². The maximum atomic E-state index is 12.8. The Bertz CT molecular complexity index is 1300. The van der Waals surface area contributed by atoms with Gasteiger partial charge in [-0.2, -0.15) is 0 Å². The molecule has 0 fully saturated rings. The Kier molecular flexibility index (Phi) is 52.4. The van der Waals surface area contributed by atoms with Crippen molar-refractivity contribution in [3.63, 3.8) is 0 Å². The topological polar surface area (TPSA) is 78.9 Å². The number of carbonyl (C=O) groups excluding carboxylic acids is 3. The van der Waals surface area contributed by atoms with Crippen molar-refractivity contribution < 1.29 is 28.6 Å². The number of hydrogen-bond acceptors (Lipinski definition) is 6. The van der Waals surface area contributed by atoms with Crippen molar-refractivity contribution in [1.29, 1.82) is 0 Å². The first kappa shape index (κ1) is 63.6. The molecule has 0 amide bonds. The van der Waals surface area contributed by atoms with Crippen molar-refractivity contribution in [3.05, 3.63) is 85.1 Å². The van der Waals surface area contributed by atoms with Crippen LogP contribution in [0.25, 0.3) is 0 Å². The lowest BCUT2D eigenvalue weighted by atomic mass is 10.0. The minimum absolute atomic E-state index is 0.107. The number of hydrogen-bond donors (Lipinski definition) is 0. The minimum Gasteiger partial charge on any atom is -0.462 e. The number of esters is 3. The van der Waals surface area contributed by atoms with Crippen LogP contribution in [-0.2, 0) is 28.6 Å². The van der Waals surface area contributed by atoms with Crippen LogP contribution in [0.1, 0.15) is 265 Å². The molecule has 1 unspecified atom stereocenters. The van der Waals surface area contributed by atoms with Crippen LogP contribution < -0.4 is 0 Å². The highest BCUT2D eigenvalue weighted by Crippen LogP contribution is 2.16. The summed E-state index contributed by atoms with van der Waals surface area (Å²) in [6.45, 7) is 6.37. The lowest BCUT2D eigenvalue weighted by Gasteiger charge is -2.18. The predicted molar refractivity (Wildman–Crippen MR) is 288 cm³/mol. The molecule has 384 valence electrons. The van der Waals surface area contributed by atoms with Crippen molar-refractivity contribution in [2.45, 2.75) is 271 Å². The molecule has 0 aliphatic rings. The summed E-state index contributed by atoms with van der Waals surface area (Å²) in [6, 6.07) is 0. The second-order valence-corrected chi connectivity index (χ2v) is 18.4. The number of unbranched alkanes of at least 4 members (excludes halogenated alkanes) is 25. The van der Waals surface area contributed by atoms with Crippen molar-refractivity contribution >= 4 is 17.9 Å². The molecular formula is C61H104O6. The van der Waals surface area contributed by atoms with Gasteiger partial charge in [0, 0.05) is 19.3 Å². The SMILES string of the molecule is CC/C=C\C/C=C\C/C=C\C/C=C\C/C=C\CCC(=O)OC(COC(=O)CCCCCCCCC/C=C\C/C=C\CC)COC(=O)CCCCCCCCCCCCCCCCCCCCC. The van der Waals surface area contributed by atoms with Crippen molar-refractivity contribution in [3.8, 4) is 0 Å². The van der Waals surface area contributed by atoms with Crippen LogP contribution in [0, 0.1) is 0 Å². The highest BCUT2D eigenvalue weighted by molar-refractivity contribution is 5.71. The number of ether oxygens (including phenoxy) is 3. The van der Waals surface area contributed by atoms with Crippen LogP contribution in [0.4, 0.5) is 0 Å². The molecule has 0 saturated carbocycles. The van der Waals surface area contributed by atoms with Crippen molar-refractivity contribution in [2.75, 3.05) is 13.2 Å². The van der Waals surface area contributed by atoms with E-state index in [1.165, 1.54) is 128 Å². The van der Waals surface area contributed by atoms with E-state index in [2.05, 4.69) is 99.8 Å². The average molecular weight is 933 g/mol. The van der Waals surface area contributed by atoms with Gasteiger partial charge in [0.25, 0.3) is 0 Å². The van der Waals surface area contributed by atoms with Gasteiger partial charge in [-0.15, -0.1) is 0 Å². The molecule has 6 nitrogen and oxygen atoms in total. The van der Waals surface area contributed by atoms with Gasteiger partial charge in [0.2, 0.25) is 0 Å². The van der Waals surface area contributed by atoms with E-state index in [9.17, 15) is 14.4 Å². The smallest absolute Gasteiger partial charge is 0.306 e. The van der Waals surface area contributed by atoms with Crippen molar-refractivity contribution in [2.24, 2.45) is 0 Å². The Balaban J connectivity index is 4.44. The first-order chi connectivity index (χ1) is 33.0. The zero-order valence-electron chi connectivity index (χ0n) is 43.9. The Morgan fingerprint density at radius 1 is 0.313 bits per heavy atom. The largest absolute Gasteiger partial charge is 0.462 e. The van der Waals surface area contributed by atoms with E-state index in [1.807, 2.05) is 6.08 Å². The Morgan fingerprint density at radius 2 is 0.612 bits per heavy atom. The van der Waals surface area contributed by atoms with E-state index < -0.39 is 12.1 Å². The lowest BCUT2D eigenvalue weighted by Crippen LogP contribution is -2.30. The lowest BCUT2D eigenvalue weighted by molar-refractivity contribution is -0.166. The van der Waals surface area contributed by atoms with Gasteiger partial charge in [-0.05, 0) is 77.0 Å². The van der Waals surface area contributed by atoms with E-state index in [0.29, 0.717) is 19.3 Å². The zero-order chi connectivity index (χ0) is 48.6. The minimum atomic E-state index is -0.818. The monoisotopic (exact) mass is 933 g/mol. The highest BCUT2D eigenvalue weighted by atomic mass is 16.6. The molecule has 67 heavy (non-hydrogen) atoms. The van der Waals surface area contributed by atoms with Crippen LogP contribution in [0.2, 0.25) is 0 Å². The Labute approximate surface area is 414 Å². The third-order valence-electron chi connectivity index (χ3n) is 11.9. The second kappa shape index (κ2) is 55.2. The van der Waals surface area contributed by atoms with E-state index >= 15 is 0 Å². The molecule has 0 aliphatic carbocycles. The third-order valence-corrected chi connectivity index (χ3v) is 11.9. The fourth-order valence-electron chi connectivity index (χ4n) is 7.77. The highest BCUT2D eigenvalue weighted by Gasteiger charge is 2.19. The van der Waals surface area contributed by atoms with Gasteiger partial charge >= 0.3 is 17.9 Å². The normalized spacial score (nSPS) is 12.7. The summed E-state index contributed by atoms with van der Waals surface area (Å²) in [5.41, 5.74) is 0. The Hall–Kier alpha value is -3.41. The van der Waals surface area contributed by atoms with Crippen LogP contribution in [0.3, 0.4) is 0 Å². The van der Waals surface area contributed by atoms with Gasteiger partial charge in [-0.1, -0.05) is 254 Å². The summed E-state index contributed by atoms with van der Waals surface area (Å²) in [5.74, 6) is -0.993. The summed E-state index contributed by atoms with van der Waals surface area (Å²) in [4.78, 5) is 38.1. The number of carbonyl (C=O) groups is 3. The van der Waals surface area contributed by atoms with Gasteiger partial charge < -0.3 is 14.2 Å².